The maximum Gasteiger partial charge on any atom is 0.274 e. The summed E-state index contributed by atoms with van der Waals surface area (Å²) in [5.74, 6) is -0.428. The van der Waals surface area contributed by atoms with Crippen LogP contribution in [0.4, 0.5) is 0 Å². The van der Waals surface area contributed by atoms with Crippen LogP contribution in [-0.2, 0) is 27.4 Å². The van der Waals surface area contributed by atoms with Gasteiger partial charge in [-0.2, -0.15) is 5.10 Å². The lowest BCUT2D eigenvalue weighted by Crippen LogP contribution is -2.41. The van der Waals surface area contributed by atoms with Crippen molar-refractivity contribution in [2.24, 2.45) is 7.05 Å². The van der Waals surface area contributed by atoms with E-state index in [2.05, 4.69) is 5.10 Å². The van der Waals surface area contributed by atoms with Crippen LogP contribution in [0.15, 0.2) is 29.2 Å². The molecule has 1 saturated heterocycles. The van der Waals surface area contributed by atoms with Gasteiger partial charge in [-0.3, -0.25) is 9.48 Å². The molecule has 1 aromatic carbocycles. The van der Waals surface area contributed by atoms with E-state index in [1.165, 1.54) is 0 Å². The Bertz CT molecular complexity index is 927. The number of carbonyl (C=O) groups excluding carboxylic acids is 1. The van der Waals surface area contributed by atoms with Crippen molar-refractivity contribution in [3.8, 4) is 11.3 Å². The standard InChI is InChI=1S/C16H17N3O4S/c1-18-15-11-4-2-3-5-13(11)24(21,22)10-12(15)14(17-18)16(20)19-6-8-23-9-7-19/h2-5H,6-10H2,1H3. The van der Waals surface area contributed by atoms with Crippen LogP contribution in [0, 0.1) is 0 Å². The number of rotatable bonds is 1. The van der Waals surface area contributed by atoms with Crippen molar-refractivity contribution in [2.75, 3.05) is 26.3 Å². The van der Waals surface area contributed by atoms with E-state index in [1.54, 1.807) is 40.9 Å². The molecule has 4 rings (SSSR count). The van der Waals surface area contributed by atoms with E-state index in [1.807, 2.05) is 0 Å². The van der Waals surface area contributed by atoms with Crippen molar-refractivity contribution in [3.05, 3.63) is 35.5 Å². The molecule has 0 radical (unpaired) electrons. The fourth-order valence-corrected chi connectivity index (χ4v) is 4.93. The third kappa shape index (κ3) is 2.25. The normalized spacial score (nSPS) is 18.8. The Morgan fingerprint density at radius 2 is 1.92 bits per heavy atom. The monoisotopic (exact) mass is 347 g/mol. The molecule has 0 N–H and O–H groups in total. The molecule has 7 nitrogen and oxygen atoms in total. The first kappa shape index (κ1) is 15.3. The summed E-state index contributed by atoms with van der Waals surface area (Å²) >= 11 is 0. The zero-order valence-electron chi connectivity index (χ0n) is 13.2. The average Bonchev–Trinajstić information content (AvgIpc) is 2.91. The molecule has 1 fully saturated rings. The molecule has 2 aliphatic rings. The molecule has 0 atom stereocenters. The number of hydrogen-bond acceptors (Lipinski definition) is 5. The van der Waals surface area contributed by atoms with Crippen LogP contribution >= 0.6 is 0 Å². The van der Waals surface area contributed by atoms with E-state index in [0.29, 0.717) is 48.0 Å². The lowest BCUT2D eigenvalue weighted by molar-refractivity contribution is 0.0298. The topological polar surface area (TPSA) is 81.5 Å². The first-order chi connectivity index (χ1) is 11.5. The second kappa shape index (κ2) is 5.42. The largest absolute Gasteiger partial charge is 0.378 e. The van der Waals surface area contributed by atoms with E-state index in [4.69, 9.17) is 4.74 Å². The van der Waals surface area contributed by atoms with Crippen molar-refractivity contribution in [1.29, 1.82) is 0 Å². The maximum atomic E-state index is 12.8. The van der Waals surface area contributed by atoms with Gasteiger partial charge >= 0.3 is 0 Å². The summed E-state index contributed by atoms with van der Waals surface area (Å²) < 4.78 is 32.1. The summed E-state index contributed by atoms with van der Waals surface area (Å²) in [5.41, 5.74) is 2.03. The summed E-state index contributed by atoms with van der Waals surface area (Å²) in [6.07, 6.45) is 0. The number of carbonyl (C=O) groups is 1. The van der Waals surface area contributed by atoms with Crippen LogP contribution in [0.2, 0.25) is 0 Å². The SMILES string of the molecule is Cn1nc(C(=O)N2CCOCC2)c2c1-c1ccccc1S(=O)(=O)C2. The number of hydrogen-bond donors (Lipinski definition) is 0. The highest BCUT2D eigenvalue weighted by molar-refractivity contribution is 7.90. The molecule has 3 heterocycles. The third-order valence-electron chi connectivity index (χ3n) is 4.46. The Labute approximate surface area is 139 Å². The average molecular weight is 347 g/mol. The molecule has 24 heavy (non-hydrogen) atoms. The number of sulfone groups is 1. The summed E-state index contributed by atoms with van der Waals surface area (Å²) in [4.78, 5) is 14.8. The summed E-state index contributed by atoms with van der Waals surface area (Å²) in [6.45, 7) is 1.96. The fraction of sp³-hybridized carbons (Fsp3) is 0.375. The van der Waals surface area contributed by atoms with Crippen molar-refractivity contribution in [3.63, 3.8) is 0 Å². The molecule has 0 aliphatic carbocycles. The smallest absolute Gasteiger partial charge is 0.274 e. The molecule has 1 amide bonds. The van der Waals surface area contributed by atoms with E-state index in [0.717, 1.165) is 0 Å². The van der Waals surface area contributed by atoms with Crippen LogP contribution in [0.25, 0.3) is 11.3 Å². The van der Waals surface area contributed by atoms with Gasteiger partial charge in [-0.05, 0) is 6.07 Å². The van der Waals surface area contributed by atoms with Gasteiger partial charge in [0.2, 0.25) is 0 Å². The molecule has 0 spiro atoms. The van der Waals surface area contributed by atoms with E-state index in [9.17, 15) is 13.2 Å². The highest BCUT2D eigenvalue weighted by atomic mass is 32.2. The Morgan fingerprint density at radius 1 is 1.21 bits per heavy atom. The Kier molecular flexibility index (Phi) is 3.47. The van der Waals surface area contributed by atoms with Gasteiger partial charge in [0, 0.05) is 31.3 Å². The minimum Gasteiger partial charge on any atom is -0.378 e. The van der Waals surface area contributed by atoms with Crippen LogP contribution in [0.1, 0.15) is 16.1 Å². The van der Waals surface area contributed by atoms with Gasteiger partial charge in [0.1, 0.15) is 0 Å². The Balaban J connectivity index is 1.86. The number of amides is 1. The minimum absolute atomic E-state index is 0.196. The molecular formula is C16H17N3O4S. The van der Waals surface area contributed by atoms with E-state index < -0.39 is 9.84 Å². The third-order valence-corrected chi connectivity index (χ3v) is 6.15. The zero-order valence-corrected chi connectivity index (χ0v) is 14.0. The van der Waals surface area contributed by atoms with Gasteiger partial charge in [-0.1, -0.05) is 18.2 Å². The molecule has 2 aromatic rings. The minimum atomic E-state index is -3.48. The second-order valence-electron chi connectivity index (χ2n) is 5.96. The predicted octanol–water partition coefficient (Wildman–Crippen LogP) is 0.847. The highest BCUT2D eigenvalue weighted by Crippen LogP contribution is 2.39. The fourth-order valence-electron chi connectivity index (χ4n) is 3.33. The number of ether oxygens (including phenoxy) is 1. The van der Waals surface area contributed by atoms with Crippen LogP contribution in [-0.4, -0.2) is 55.3 Å². The van der Waals surface area contributed by atoms with E-state index >= 15 is 0 Å². The number of fused-ring (bicyclic) bond motifs is 3. The molecule has 0 saturated carbocycles. The van der Waals surface area contributed by atoms with Crippen molar-refractivity contribution in [2.45, 2.75) is 10.6 Å². The lowest BCUT2D eigenvalue weighted by Gasteiger charge is -2.26. The Hall–Kier alpha value is -2.19. The summed E-state index contributed by atoms with van der Waals surface area (Å²) in [5, 5.41) is 4.35. The first-order valence-electron chi connectivity index (χ1n) is 7.74. The molecule has 0 bridgehead atoms. The van der Waals surface area contributed by atoms with Crippen molar-refractivity contribution < 1.29 is 17.9 Å². The molecule has 0 unspecified atom stereocenters. The molecule has 8 heteroatoms. The van der Waals surface area contributed by atoms with Crippen LogP contribution in [0.5, 0.6) is 0 Å². The Morgan fingerprint density at radius 3 is 2.67 bits per heavy atom. The molecule has 1 aromatic heterocycles. The van der Waals surface area contributed by atoms with Gasteiger partial charge in [-0.25, -0.2) is 8.42 Å². The van der Waals surface area contributed by atoms with Crippen LogP contribution in [0.3, 0.4) is 0 Å². The lowest BCUT2D eigenvalue weighted by atomic mass is 10.1. The number of morpholine rings is 1. The number of nitrogens with zero attached hydrogens (tertiary/aromatic N) is 3. The predicted molar refractivity (Wildman–Crippen MR) is 86.3 cm³/mol. The number of aromatic nitrogens is 2. The molecular weight excluding hydrogens is 330 g/mol. The van der Waals surface area contributed by atoms with Crippen molar-refractivity contribution in [1.82, 2.24) is 14.7 Å². The van der Waals surface area contributed by atoms with Gasteiger partial charge in [0.15, 0.2) is 15.5 Å². The summed E-state index contributed by atoms with van der Waals surface area (Å²) in [7, 11) is -1.74. The highest BCUT2D eigenvalue weighted by Gasteiger charge is 2.36. The van der Waals surface area contributed by atoms with Gasteiger partial charge < -0.3 is 9.64 Å². The second-order valence-corrected chi connectivity index (χ2v) is 7.92. The summed E-state index contributed by atoms with van der Waals surface area (Å²) in [6, 6.07) is 6.86. The van der Waals surface area contributed by atoms with Gasteiger partial charge in [0.25, 0.3) is 5.91 Å². The van der Waals surface area contributed by atoms with Crippen LogP contribution < -0.4 is 0 Å². The van der Waals surface area contributed by atoms with E-state index in [-0.39, 0.29) is 17.4 Å². The van der Waals surface area contributed by atoms with Crippen molar-refractivity contribution >= 4 is 15.7 Å². The quantitative estimate of drug-likeness (QED) is 0.764. The first-order valence-corrected chi connectivity index (χ1v) is 9.39. The molecule has 126 valence electrons. The van der Waals surface area contributed by atoms with Gasteiger partial charge in [0.05, 0.1) is 29.6 Å². The molecule has 2 aliphatic heterocycles. The number of benzene rings is 1. The zero-order chi connectivity index (χ0) is 16.9. The number of aryl methyl sites for hydroxylation is 1. The maximum absolute atomic E-state index is 12.8. The van der Waals surface area contributed by atoms with Gasteiger partial charge in [-0.15, -0.1) is 0 Å².